The number of esters is 2. The van der Waals surface area contributed by atoms with Gasteiger partial charge in [0.25, 0.3) is 0 Å². The number of cyclic esters (lactones) is 2. The molecule has 0 saturated carbocycles. The standard InChI is InChI=1S/C10H12N2O3S/c1-12(2)10-11-5-7(16-10)6-3-8(13)15-9(14)4-6/h5-6H,3-4H2,1-2H3. The highest BCUT2D eigenvalue weighted by molar-refractivity contribution is 7.15. The average Bonchev–Trinajstić information content (AvgIpc) is 2.64. The second-order valence-corrected chi connectivity index (χ2v) is 4.93. The van der Waals surface area contributed by atoms with Gasteiger partial charge in [0.05, 0.1) is 12.8 Å². The van der Waals surface area contributed by atoms with Gasteiger partial charge in [-0.3, -0.25) is 9.59 Å². The lowest BCUT2D eigenvalue weighted by Crippen LogP contribution is -2.23. The van der Waals surface area contributed by atoms with Crippen molar-refractivity contribution in [3.8, 4) is 0 Å². The van der Waals surface area contributed by atoms with Crippen LogP contribution in [0.2, 0.25) is 0 Å². The Bertz CT molecular complexity index is 411. The molecule has 0 radical (unpaired) electrons. The summed E-state index contributed by atoms with van der Waals surface area (Å²) >= 11 is 1.51. The molecule has 6 heteroatoms. The van der Waals surface area contributed by atoms with E-state index in [1.54, 1.807) is 6.20 Å². The number of carbonyl (C=O) groups is 2. The fourth-order valence-electron chi connectivity index (χ4n) is 1.56. The molecule has 0 spiro atoms. The van der Waals surface area contributed by atoms with E-state index >= 15 is 0 Å². The third kappa shape index (κ3) is 2.21. The SMILES string of the molecule is CN(C)c1ncc(C2CC(=O)OC(=O)C2)s1. The van der Waals surface area contributed by atoms with Gasteiger partial charge in [0.2, 0.25) is 0 Å². The number of carbonyl (C=O) groups excluding carboxylic acids is 2. The summed E-state index contributed by atoms with van der Waals surface area (Å²) in [7, 11) is 3.81. The molecule has 0 N–H and O–H groups in total. The summed E-state index contributed by atoms with van der Waals surface area (Å²) in [5, 5.41) is 0.876. The van der Waals surface area contributed by atoms with Gasteiger partial charge in [0, 0.05) is 31.1 Å². The summed E-state index contributed by atoms with van der Waals surface area (Å²) in [5.41, 5.74) is 0. The molecule has 1 aromatic rings. The van der Waals surface area contributed by atoms with Gasteiger partial charge < -0.3 is 9.64 Å². The number of rotatable bonds is 2. The van der Waals surface area contributed by atoms with Crippen molar-refractivity contribution in [1.29, 1.82) is 0 Å². The number of hydrogen-bond donors (Lipinski definition) is 0. The molecule has 2 heterocycles. The number of thiazole rings is 1. The van der Waals surface area contributed by atoms with Crippen molar-refractivity contribution >= 4 is 28.4 Å². The first-order valence-corrected chi connectivity index (χ1v) is 5.74. The molecule has 0 atom stereocenters. The van der Waals surface area contributed by atoms with Crippen LogP contribution >= 0.6 is 11.3 Å². The Morgan fingerprint density at radius 2 is 2.00 bits per heavy atom. The molecular formula is C10H12N2O3S. The van der Waals surface area contributed by atoms with Crippen molar-refractivity contribution in [2.75, 3.05) is 19.0 Å². The van der Waals surface area contributed by atoms with Crippen molar-refractivity contribution in [3.63, 3.8) is 0 Å². The number of ether oxygens (including phenoxy) is 1. The first-order valence-electron chi connectivity index (χ1n) is 4.93. The maximum Gasteiger partial charge on any atom is 0.314 e. The zero-order valence-electron chi connectivity index (χ0n) is 9.10. The van der Waals surface area contributed by atoms with E-state index in [4.69, 9.17) is 0 Å². The number of nitrogens with zero attached hydrogens (tertiary/aromatic N) is 2. The van der Waals surface area contributed by atoms with Crippen LogP contribution in [-0.4, -0.2) is 31.0 Å². The van der Waals surface area contributed by atoms with E-state index in [-0.39, 0.29) is 18.8 Å². The Morgan fingerprint density at radius 1 is 1.38 bits per heavy atom. The van der Waals surface area contributed by atoms with Crippen molar-refractivity contribution in [3.05, 3.63) is 11.1 Å². The van der Waals surface area contributed by atoms with E-state index in [2.05, 4.69) is 9.72 Å². The monoisotopic (exact) mass is 240 g/mol. The fraction of sp³-hybridized carbons (Fsp3) is 0.500. The molecule has 16 heavy (non-hydrogen) atoms. The van der Waals surface area contributed by atoms with E-state index in [0.717, 1.165) is 10.0 Å². The van der Waals surface area contributed by atoms with Crippen LogP contribution in [0.3, 0.4) is 0 Å². The molecule has 1 aliphatic rings. The van der Waals surface area contributed by atoms with Crippen LogP contribution in [0.5, 0.6) is 0 Å². The van der Waals surface area contributed by atoms with Crippen molar-refractivity contribution < 1.29 is 14.3 Å². The molecule has 1 saturated heterocycles. The summed E-state index contributed by atoms with van der Waals surface area (Å²) < 4.78 is 4.49. The first-order chi connectivity index (χ1) is 7.56. The van der Waals surface area contributed by atoms with Gasteiger partial charge in [-0.05, 0) is 0 Å². The molecule has 1 fully saturated rings. The van der Waals surface area contributed by atoms with Gasteiger partial charge in [-0.15, -0.1) is 11.3 Å². The highest BCUT2D eigenvalue weighted by atomic mass is 32.1. The van der Waals surface area contributed by atoms with Gasteiger partial charge in [0.15, 0.2) is 5.13 Å². The third-order valence-corrected chi connectivity index (χ3v) is 3.68. The van der Waals surface area contributed by atoms with Gasteiger partial charge in [-0.25, -0.2) is 4.98 Å². The van der Waals surface area contributed by atoms with Crippen molar-refractivity contribution in [1.82, 2.24) is 4.98 Å². The maximum absolute atomic E-state index is 11.1. The lowest BCUT2D eigenvalue weighted by molar-refractivity contribution is -0.163. The molecule has 1 aromatic heterocycles. The lowest BCUT2D eigenvalue weighted by Gasteiger charge is -2.17. The summed E-state index contributed by atoms with van der Waals surface area (Å²) in [6, 6.07) is 0. The van der Waals surface area contributed by atoms with E-state index in [0.29, 0.717) is 0 Å². The zero-order valence-corrected chi connectivity index (χ0v) is 9.91. The maximum atomic E-state index is 11.1. The Kier molecular flexibility index (Phi) is 2.91. The van der Waals surface area contributed by atoms with Gasteiger partial charge in [0.1, 0.15) is 0 Å². The summed E-state index contributed by atoms with van der Waals surface area (Å²) in [5.74, 6) is -0.956. The minimum atomic E-state index is -0.443. The van der Waals surface area contributed by atoms with Gasteiger partial charge >= 0.3 is 11.9 Å². The van der Waals surface area contributed by atoms with Crippen LogP contribution in [0.15, 0.2) is 6.20 Å². The van der Waals surface area contributed by atoms with Crippen LogP contribution in [0, 0.1) is 0 Å². The molecule has 86 valence electrons. The largest absolute Gasteiger partial charge is 0.393 e. The first kappa shape index (κ1) is 11.1. The highest BCUT2D eigenvalue weighted by Crippen LogP contribution is 2.34. The summed E-state index contributed by atoms with van der Waals surface area (Å²) in [6.07, 6.45) is 2.26. The molecule has 0 amide bonds. The Hall–Kier alpha value is -1.43. The number of aromatic nitrogens is 1. The second-order valence-electron chi connectivity index (χ2n) is 3.89. The fourth-order valence-corrected chi connectivity index (χ4v) is 2.50. The quantitative estimate of drug-likeness (QED) is 0.573. The number of hydrogen-bond acceptors (Lipinski definition) is 6. The van der Waals surface area contributed by atoms with Crippen LogP contribution in [0.1, 0.15) is 23.6 Å². The van der Waals surface area contributed by atoms with Gasteiger partial charge in [-0.2, -0.15) is 0 Å². The Labute approximate surface area is 97.0 Å². The molecule has 0 bridgehead atoms. The van der Waals surface area contributed by atoms with Crippen molar-refractivity contribution in [2.24, 2.45) is 0 Å². The number of anilines is 1. The van der Waals surface area contributed by atoms with Crippen LogP contribution < -0.4 is 4.90 Å². The van der Waals surface area contributed by atoms with Crippen LogP contribution in [0.4, 0.5) is 5.13 Å². The minimum Gasteiger partial charge on any atom is -0.393 e. The second kappa shape index (κ2) is 4.21. The lowest BCUT2D eigenvalue weighted by atomic mass is 9.98. The van der Waals surface area contributed by atoms with Crippen LogP contribution in [0.25, 0.3) is 0 Å². The Morgan fingerprint density at radius 3 is 2.50 bits per heavy atom. The smallest absolute Gasteiger partial charge is 0.314 e. The van der Waals surface area contributed by atoms with E-state index < -0.39 is 11.9 Å². The molecular weight excluding hydrogens is 228 g/mol. The van der Waals surface area contributed by atoms with Crippen LogP contribution in [-0.2, 0) is 14.3 Å². The van der Waals surface area contributed by atoms with Crippen molar-refractivity contribution in [2.45, 2.75) is 18.8 Å². The highest BCUT2D eigenvalue weighted by Gasteiger charge is 2.29. The van der Waals surface area contributed by atoms with E-state index in [1.807, 2.05) is 19.0 Å². The molecule has 0 unspecified atom stereocenters. The predicted molar refractivity (Wildman–Crippen MR) is 59.5 cm³/mol. The molecule has 5 nitrogen and oxygen atoms in total. The molecule has 1 aliphatic heterocycles. The summed E-state index contributed by atoms with van der Waals surface area (Å²) in [4.78, 5) is 29.3. The summed E-state index contributed by atoms with van der Waals surface area (Å²) in [6.45, 7) is 0. The molecule has 2 rings (SSSR count). The van der Waals surface area contributed by atoms with E-state index in [9.17, 15) is 9.59 Å². The van der Waals surface area contributed by atoms with E-state index in [1.165, 1.54) is 11.3 Å². The average molecular weight is 240 g/mol. The Balaban J connectivity index is 2.16. The normalized spacial score (nSPS) is 17.4. The van der Waals surface area contributed by atoms with Gasteiger partial charge in [-0.1, -0.05) is 0 Å². The minimum absolute atomic E-state index is 0.0695. The zero-order chi connectivity index (χ0) is 11.7. The third-order valence-electron chi connectivity index (χ3n) is 2.35. The molecule has 0 aliphatic carbocycles. The topological polar surface area (TPSA) is 59.5 Å². The predicted octanol–water partition coefficient (Wildman–Crippen LogP) is 1.16. The molecule has 0 aromatic carbocycles.